The van der Waals surface area contributed by atoms with Crippen molar-refractivity contribution < 1.29 is 18.0 Å². The number of hydrogen-bond donors (Lipinski definition) is 1. The molecule has 0 radical (unpaired) electrons. The number of halogens is 4. The highest BCUT2D eigenvalue weighted by Crippen LogP contribution is 2.14. The van der Waals surface area contributed by atoms with E-state index in [-0.39, 0.29) is 0 Å². The van der Waals surface area contributed by atoms with Gasteiger partial charge < -0.3 is 5.32 Å². The van der Waals surface area contributed by atoms with Crippen LogP contribution in [0.15, 0.2) is 12.1 Å². The SMILES string of the molecule is O=C(NCCCBr)c1ccc(F)c(F)c1F. The molecule has 0 saturated carbocycles. The highest BCUT2D eigenvalue weighted by molar-refractivity contribution is 9.09. The van der Waals surface area contributed by atoms with E-state index in [4.69, 9.17) is 0 Å². The maximum Gasteiger partial charge on any atom is 0.254 e. The van der Waals surface area contributed by atoms with Crippen LogP contribution >= 0.6 is 15.9 Å². The molecule has 0 aliphatic carbocycles. The Kier molecular flexibility index (Phi) is 4.79. The Morgan fingerprint density at radius 3 is 2.56 bits per heavy atom. The Bertz CT molecular complexity index is 398. The minimum atomic E-state index is -1.63. The van der Waals surface area contributed by atoms with Crippen LogP contribution in [0.25, 0.3) is 0 Å². The van der Waals surface area contributed by atoms with Gasteiger partial charge in [0.2, 0.25) is 0 Å². The van der Waals surface area contributed by atoms with E-state index in [0.717, 1.165) is 12.1 Å². The van der Waals surface area contributed by atoms with Gasteiger partial charge in [0, 0.05) is 11.9 Å². The highest BCUT2D eigenvalue weighted by atomic mass is 79.9. The maximum atomic E-state index is 13.1. The Morgan fingerprint density at radius 1 is 1.25 bits per heavy atom. The van der Waals surface area contributed by atoms with E-state index in [0.29, 0.717) is 18.3 Å². The first-order valence-corrected chi connectivity index (χ1v) is 5.67. The number of carbonyl (C=O) groups excluding carboxylic acids is 1. The minimum Gasteiger partial charge on any atom is -0.352 e. The lowest BCUT2D eigenvalue weighted by Crippen LogP contribution is -2.26. The Balaban J connectivity index is 2.80. The van der Waals surface area contributed by atoms with E-state index in [1.165, 1.54) is 0 Å². The molecule has 88 valence electrons. The fourth-order valence-corrected chi connectivity index (χ4v) is 1.35. The molecule has 0 aromatic heterocycles. The van der Waals surface area contributed by atoms with Crippen molar-refractivity contribution in [2.75, 3.05) is 11.9 Å². The number of alkyl halides is 1. The van der Waals surface area contributed by atoms with Gasteiger partial charge in [0.05, 0.1) is 5.56 Å². The molecule has 1 amide bonds. The molecule has 16 heavy (non-hydrogen) atoms. The molecule has 0 heterocycles. The third kappa shape index (κ3) is 2.98. The average molecular weight is 296 g/mol. The summed E-state index contributed by atoms with van der Waals surface area (Å²) in [5, 5.41) is 3.08. The summed E-state index contributed by atoms with van der Waals surface area (Å²) in [5.74, 6) is -5.16. The number of amides is 1. The summed E-state index contributed by atoms with van der Waals surface area (Å²) in [6, 6.07) is 1.63. The van der Waals surface area contributed by atoms with Crippen LogP contribution in [-0.4, -0.2) is 17.8 Å². The van der Waals surface area contributed by atoms with Gasteiger partial charge in [-0.3, -0.25) is 4.79 Å². The summed E-state index contributed by atoms with van der Waals surface area (Å²) in [4.78, 5) is 11.3. The van der Waals surface area contributed by atoms with Crippen LogP contribution in [0.3, 0.4) is 0 Å². The second-order valence-electron chi connectivity index (χ2n) is 3.02. The van der Waals surface area contributed by atoms with E-state index in [9.17, 15) is 18.0 Å². The van der Waals surface area contributed by atoms with Gasteiger partial charge in [-0.2, -0.15) is 0 Å². The first kappa shape index (κ1) is 13.0. The molecular formula is C10H9BrF3NO. The number of benzene rings is 1. The van der Waals surface area contributed by atoms with Crippen molar-refractivity contribution in [2.24, 2.45) is 0 Å². The van der Waals surface area contributed by atoms with Crippen molar-refractivity contribution in [1.29, 1.82) is 0 Å². The largest absolute Gasteiger partial charge is 0.352 e. The lowest BCUT2D eigenvalue weighted by atomic mass is 10.2. The fraction of sp³-hybridized carbons (Fsp3) is 0.300. The van der Waals surface area contributed by atoms with E-state index in [2.05, 4.69) is 21.2 Å². The topological polar surface area (TPSA) is 29.1 Å². The normalized spacial score (nSPS) is 10.2. The Labute approximate surface area is 99.0 Å². The van der Waals surface area contributed by atoms with Crippen LogP contribution in [0, 0.1) is 17.5 Å². The monoisotopic (exact) mass is 295 g/mol. The van der Waals surface area contributed by atoms with Gasteiger partial charge in [-0.1, -0.05) is 15.9 Å². The summed E-state index contributed by atoms with van der Waals surface area (Å²) in [6.07, 6.45) is 0.664. The van der Waals surface area contributed by atoms with Gasteiger partial charge >= 0.3 is 0 Å². The standard InChI is InChI=1S/C10H9BrF3NO/c11-4-1-5-15-10(16)6-2-3-7(12)9(14)8(6)13/h2-3H,1,4-5H2,(H,15,16). The molecule has 1 aromatic rings. The summed E-state index contributed by atoms with van der Waals surface area (Å²) in [7, 11) is 0. The van der Waals surface area contributed by atoms with Gasteiger partial charge in [0.15, 0.2) is 17.5 Å². The molecule has 0 saturated heterocycles. The molecule has 6 heteroatoms. The lowest BCUT2D eigenvalue weighted by Gasteiger charge is -2.05. The van der Waals surface area contributed by atoms with Crippen LogP contribution in [0.5, 0.6) is 0 Å². The number of rotatable bonds is 4. The van der Waals surface area contributed by atoms with Crippen molar-refractivity contribution in [3.63, 3.8) is 0 Å². The average Bonchev–Trinajstić information content (AvgIpc) is 2.26. The molecule has 0 aliphatic rings. The molecule has 1 N–H and O–H groups in total. The van der Waals surface area contributed by atoms with Crippen LogP contribution < -0.4 is 5.32 Å². The number of hydrogen-bond acceptors (Lipinski definition) is 1. The predicted molar refractivity (Wildman–Crippen MR) is 57.1 cm³/mol. The zero-order valence-corrected chi connectivity index (χ0v) is 9.78. The molecule has 2 nitrogen and oxygen atoms in total. The number of nitrogens with one attached hydrogen (secondary N) is 1. The first-order chi connectivity index (χ1) is 7.57. The van der Waals surface area contributed by atoms with Crippen molar-refractivity contribution in [3.05, 3.63) is 35.1 Å². The molecule has 0 spiro atoms. The second kappa shape index (κ2) is 5.89. The second-order valence-corrected chi connectivity index (χ2v) is 3.81. The molecule has 0 bridgehead atoms. The molecule has 0 unspecified atom stereocenters. The van der Waals surface area contributed by atoms with Crippen LogP contribution in [0.4, 0.5) is 13.2 Å². The van der Waals surface area contributed by atoms with E-state index in [1.54, 1.807) is 0 Å². The van der Waals surface area contributed by atoms with Crippen molar-refractivity contribution in [2.45, 2.75) is 6.42 Å². The predicted octanol–water partition coefficient (Wildman–Crippen LogP) is 2.62. The summed E-state index contributed by atoms with van der Waals surface area (Å²) in [6.45, 7) is 0.336. The maximum absolute atomic E-state index is 13.1. The van der Waals surface area contributed by atoms with Crippen LogP contribution in [-0.2, 0) is 0 Å². The van der Waals surface area contributed by atoms with E-state index >= 15 is 0 Å². The number of carbonyl (C=O) groups is 1. The first-order valence-electron chi connectivity index (χ1n) is 4.55. The van der Waals surface area contributed by atoms with Gasteiger partial charge in [-0.05, 0) is 18.6 Å². The molecule has 1 rings (SSSR count). The van der Waals surface area contributed by atoms with Crippen molar-refractivity contribution in [1.82, 2.24) is 5.32 Å². The molecule has 1 aromatic carbocycles. The Hall–Kier alpha value is -1.04. The fourth-order valence-electron chi connectivity index (χ4n) is 1.07. The van der Waals surface area contributed by atoms with Gasteiger partial charge in [0.1, 0.15) is 0 Å². The van der Waals surface area contributed by atoms with Gasteiger partial charge in [-0.15, -0.1) is 0 Å². The van der Waals surface area contributed by atoms with Gasteiger partial charge in [-0.25, -0.2) is 13.2 Å². The van der Waals surface area contributed by atoms with E-state index in [1.807, 2.05) is 0 Å². The summed E-state index contributed by atoms with van der Waals surface area (Å²) in [5.41, 5.74) is -0.492. The zero-order valence-electron chi connectivity index (χ0n) is 8.20. The van der Waals surface area contributed by atoms with Gasteiger partial charge in [0.25, 0.3) is 5.91 Å². The van der Waals surface area contributed by atoms with E-state index < -0.39 is 28.9 Å². The molecular weight excluding hydrogens is 287 g/mol. The highest BCUT2D eigenvalue weighted by Gasteiger charge is 2.18. The van der Waals surface area contributed by atoms with Crippen LogP contribution in [0.2, 0.25) is 0 Å². The van der Waals surface area contributed by atoms with Crippen LogP contribution in [0.1, 0.15) is 16.8 Å². The quantitative estimate of drug-likeness (QED) is 0.516. The van der Waals surface area contributed by atoms with Crippen molar-refractivity contribution >= 4 is 21.8 Å². The molecule has 0 atom stereocenters. The third-order valence-corrected chi connectivity index (χ3v) is 2.44. The lowest BCUT2D eigenvalue weighted by molar-refractivity contribution is 0.0948. The summed E-state index contributed by atoms with van der Waals surface area (Å²) < 4.78 is 38.5. The Morgan fingerprint density at radius 2 is 1.94 bits per heavy atom. The van der Waals surface area contributed by atoms with Crippen molar-refractivity contribution in [3.8, 4) is 0 Å². The molecule has 0 aliphatic heterocycles. The third-order valence-electron chi connectivity index (χ3n) is 1.88. The molecule has 0 fully saturated rings. The minimum absolute atomic E-state index is 0.336. The zero-order chi connectivity index (χ0) is 12.1. The summed E-state index contributed by atoms with van der Waals surface area (Å²) >= 11 is 3.16. The smallest absolute Gasteiger partial charge is 0.254 e.